The molecule has 1 aliphatic rings. The zero-order valence-corrected chi connectivity index (χ0v) is 18.1. The van der Waals surface area contributed by atoms with E-state index >= 15 is 0 Å². The number of sulfonamides is 1. The van der Waals surface area contributed by atoms with Gasteiger partial charge in [0, 0.05) is 37.9 Å². The molecule has 1 aliphatic heterocycles. The number of hydrogen-bond acceptors (Lipinski definition) is 6. The van der Waals surface area contributed by atoms with Crippen molar-refractivity contribution in [1.82, 2.24) is 4.31 Å². The number of aryl methyl sites for hydroxylation is 1. The number of piperazine rings is 1. The lowest BCUT2D eigenvalue weighted by atomic mass is 10.1. The Hall–Kier alpha value is -2.78. The number of benzene rings is 2. The smallest absolute Gasteiger partial charge is 0.307 e. The summed E-state index contributed by atoms with van der Waals surface area (Å²) in [5.74, 6) is 0.269. The molecule has 8 nitrogen and oxygen atoms in total. The molecule has 9 heteroatoms. The standard InChI is InChI=1S/C21H26N2O6S/c1-15-4-6-18(12-16(15)13-21(24)25)30(26,27)23-10-8-22(9-11-23)17-5-7-19(28-2)20(14-17)29-3/h4-7,12,14H,8-11,13H2,1-3H3,(H,24,25). The summed E-state index contributed by atoms with van der Waals surface area (Å²) in [6, 6.07) is 10.3. The fourth-order valence-electron chi connectivity index (χ4n) is 3.52. The highest BCUT2D eigenvalue weighted by Gasteiger charge is 2.29. The molecule has 0 bridgehead atoms. The maximum absolute atomic E-state index is 13.1. The lowest BCUT2D eigenvalue weighted by Gasteiger charge is -2.35. The van der Waals surface area contributed by atoms with E-state index in [-0.39, 0.29) is 11.3 Å². The van der Waals surface area contributed by atoms with Crippen LogP contribution >= 0.6 is 0 Å². The van der Waals surface area contributed by atoms with Crippen LogP contribution in [0.25, 0.3) is 0 Å². The number of hydrogen-bond donors (Lipinski definition) is 1. The topological polar surface area (TPSA) is 96.4 Å². The first-order valence-corrected chi connectivity index (χ1v) is 11.0. The Labute approximate surface area is 176 Å². The van der Waals surface area contributed by atoms with Crippen molar-refractivity contribution < 1.29 is 27.8 Å². The van der Waals surface area contributed by atoms with Crippen LogP contribution in [-0.4, -0.2) is 64.2 Å². The van der Waals surface area contributed by atoms with Gasteiger partial charge in [-0.15, -0.1) is 0 Å². The van der Waals surface area contributed by atoms with Gasteiger partial charge in [-0.2, -0.15) is 4.31 Å². The van der Waals surface area contributed by atoms with Crippen LogP contribution in [0, 0.1) is 6.92 Å². The fraction of sp³-hybridized carbons (Fsp3) is 0.381. The Balaban J connectivity index is 1.75. The molecule has 2 aromatic rings. The third-order valence-electron chi connectivity index (χ3n) is 5.27. The van der Waals surface area contributed by atoms with E-state index in [1.807, 2.05) is 18.2 Å². The van der Waals surface area contributed by atoms with Gasteiger partial charge in [-0.25, -0.2) is 8.42 Å². The van der Waals surface area contributed by atoms with Gasteiger partial charge in [0.15, 0.2) is 11.5 Å². The van der Waals surface area contributed by atoms with Crippen molar-refractivity contribution in [3.05, 3.63) is 47.5 Å². The van der Waals surface area contributed by atoms with E-state index in [4.69, 9.17) is 14.6 Å². The van der Waals surface area contributed by atoms with Crippen LogP contribution in [-0.2, 0) is 21.2 Å². The van der Waals surface area contributed by atoms with E-state index < -0.39 is 16.0 Å². The summed E-state index contributed by atoms with van der Waals surface area (Å²) >= 11 is 0. The summed E-state index contributed by atoms with van der Waals surface area (Å²) in [5, 5.41) is 9.06. The van der Waals surface area contributed by atoms with Gasteiger partial charge in [-0.3, -0.25) is 4.79 Å². The lowest BCUT2D eigenvalue weighted by Crippen LogP contribution is -2.48. The number of nitrogens with zero attached hydrogens (tertiary/aromatic N) is 2. The molecule has 0 aliphatic carbocycles. The zero-order valence-electron chi connectivity index (χ0n) is 17.3. The van der Waals surface area contributed by atoms with E-state index in [2.05, 4.69) is 4.90 Å². The summed E-state index contributed by atoms with van der Waals surface area (Å²) in [4.78, 5) is 13.3. The number of carboxylic acids is 1. The van der Waals surface area contributed by atoms with Crippen molar-refractivity contribution in [2.75, 3.05) is 45.3 Å². The molecule has 0 amide bonds. The molecule has 162 valence electrons. The first-order valence-electron chi connectivity index (χ1n) is 9.54. The summed E-state index contributed by atoms with van der Waals surface area (Å²) in [7, 11) is -0.544. The van der Waals surface area contributed by atoms with Crippen LogP contribution in [0.3, 0.4) is 0 Å². The minimum absolute atomic E-state index is 0.129. The van der Waals surface area contributed by atoms with Crippen molar-refractivity contribution >= 4 is 21.7 Å². The van der Waals surface area contributed by atoms with Crippen LogP contribution in [0.2, 0.25) is 0 Å². The highest BCUT2D eigenvalue weighted by Crippen LogP contribution is 2.32. The second-order valence-electron chi connectivity index (χ2n) is 7.09. The quantitative estimate of drug-likeness (QED) is 0.713. The van der Waals surface area contributed by atoms with Crippen molar-refractivity contribution in [2.24, 2.45) is 0 Å². The van der Waals surface area contributed by atoms with Crippen LogP contribution in [0.15, 0.2) is 41.3 Å². The summed E-state index contributed by atoms with van der Waals surface area (Å²) in [6.07, 6.45) is -0.206. The predicted molar refractivity (Wildman–Crippen MR) is 113 cm³/mol. The van der Waals surface area contributed by atoms with E-state index in [0.717, 1.165) is 11.3 Å². The Bertz CT molecular complexity index is 1030. The van der Waals surface area contributed by atoms with E-state index in [1.54, 1.807) is 27.2 Å². The molecule has 0 radical (unpaired) electrons. The third kappa shape index (κ3) is 4.52. The molecular weight excluding hydrogens is 408 g/mol. The van der Waals surface area contributed by atoms with Crippen LogP contribution in [0.4, 0.5) is 5.69 Å². The number of rotatable bonds is 7. The van der Waals surface area contributed by atoms with Crippen LogP contribution in [0.5, 0.6) is 11.5 Å². The van der Waals surface area contributed by atoms with Gasteiger partial charge in [0.2, 0.25) is 10.0 Å². The van der Waals surface area contributed by atoms with E-state index in [9.17, 15) is 13.2 Å². The van der Waals surface area contributed by atoms with Gasteiger partial charge in [0.05, 0.1) is 25.5 Å². The zero-order chi connectivity index (χ0) is 21.9. The molecular formula is C21H26N2O6S. The molecule has 0 unspecified atom stereocenters. The van der Waals surface area contributed by atoms with Crippen molar-refractivity contribution in [3.63, 3.8) is 0 Å². The maximum Gasteiger partial charge on any atom is 0.307 e. The first-order chi connectivity index (χ1) is 14.3. The molecule has 0 saturated carbocycles. The molecule has 1 saturated heterocycles. The molecule has 0 spiro atoms. The number of carboxylic acid groups (broad SMARTS) is 1. The largest absolute Gasteiger partial charge is 0.493 e. The normalized spacial score (nSPS) is 15.1. The average molecular weight is 435 g/mol. The number of methoxy groups -OCH3 is 2. The van der Waals surface area contributed by atoms with E-state index in [0.29, 0.717) is 43.2 Å². The number of ether oxygens (including phenoxy) is 2. The number of anilines is 1. The summed E-state index contributed by atoms with van der Waals surface area (Å²) in [5.41, 5.74) is 2.20. The Kier molecular flexibility index (Phi) is 6.52. The molecule has 0 aromatic heterocycles. The minimum Gasteiger partial charge on any atom is -0.493 e. The molecule has 1 N–H and O–H groups in total. The third-order valence-corrected chi connectivity index (χ3v) is 7.17. The predicted octanol–water partition coefficient (Wildman–Crippen LogP) is 2.15. The van der Waals surface area contributed by atoms with Gasteiger partial charge in [0.1, 0.15) is 0 Å². The molecule has 30 heavy (non-hydrogen) atoms. The van der Waals surface area contributed by atoms with Crippen LogP contribution in [0.1, 0.15) is 11.1 Å². The van der Waals surface area contributed by atoms with Gasteiger partial charge >= 0.3 is 5.97 Å². The summed E-state index contributed by atoms with van der Waals surface area (Å²) < 4.78 is 38.2. The van der Waals surface area contributed by atoms with Crippen molar-refractivity contribution in [2.45, 2.75) is 18.2 Å². The lowest BCUT2D eigenvalue weighted by molar-refractivity contribution is -0.136. The van der Waals surface area contributed by atoms with Gasteiger partial charge in [0.25, 0.3) is 0 Å². The van der Waals surface area contributed by atoms with E-state index in [1.165, 1.54) is 16.4 Å². The fourth-order valence-corrected chi connectivity index (χ4v) is 4.99. The highest BCUT2D eigenvalue weighted by atomic mass is 32.2. The number of aliphatic carboxylic acids is 1. The monoisotopic (exact) mass is 434 g/mol. The summed E-state index contributed by atoms with van der Waals surface area (Å²) in [6.45, 7) is 3.50. The minimum atomic E-state index is -3.70. The van der Waals surface area contributed by atoms with Crippen molar-refractivity contribution in [3.8, 4) is 11.5 Å². The molecule has 1 heterocycles. The number of carbonyl (C=O) groups is 1. The van der Waals surface area contributed by atoms with Gasteiger partial charge in [-0.1, -0.05) is 6.07 Å². The molecule has 1 fully saturated rings. The highest BCUT2D eigenvalue weighted by molar-refractivity contribution is 7.89. The average Bonchev–Trinajstić information content (AvgIpc) is 2.74. The molecule has 3 rings (SSSR count). The molecule has 2 aromatic carbocycles. The van der Waals surface area contributed by atoms with Gasteiger partial charge in [-0.05, 0) is 42.3 Å². The Morgan fingerprint density at radius 3 is 2.27 bits per heavy atom. The maximum atomic E-state index is 13.1. The SMILES string of the molecule is COc1ccc(N2CCN(S(=O)(=O)c3ccc(C)c(CC(=O)O)c3)CC2)cc1OC. The van der Waals surface area contributed by atoms with Crippen LogP contribution < -0.4 is 14.4 Å². The second-order valence-corrected chi connectivity index (χ2v) is 9.03. The van der Waals surface area contributed by atoms with Crippen molar-refractivity contribution in [1.29, 1.82) is 0 Å². The second kappa shape index (κ2) is 8.93. The van der Waals surface area contributed by atoms with Gasteiger partial charge < -0.3 is 19.5 Å². The first kappa shape index (κ1) is 21.9. The molecule has 0 atom stereocenters. The Morgan fingerprint density at radius 1 is 1.00 bits per heavy atom. The Morgan fingerprint density at radius 2 is 1.67 bits per heavy atom.